The first-order chi connectivity index (χ1) is 6.56. The van der Waals surface area contributed by atoms with Crippen molar-refractivity contribution in [3.8, 4) is 18.2 Å². The summed E-state index contributed by atoms with van der Waals surface area (Å²) < 4.78 is 0. The van der Waals surface area contributed by atoms with Gasteiger partial charge in [-0.05, 0) is 5.92 Å². The molecular weight excluding hydrogens is 176 g/mol. The Bertz CT molecular complexity index is 377. The van der Waals surface area contributed by atoms with E-state index in [9.17, 15) is 0 Å². The van der Waals surface area contributed by atoms with Crippen LogP contribution in [0.2, 0.25) is 0 Å². The predicted molar refractivity (Wildman–Crippen MR) is 51.0 cm³/mol. The number of hydrogen-bond acceptors (Lipinski definition) is 4. The van der Waals surface area contributed by atoms with Gasteiger partial charge in [-0.2, -0.15) is 15.8 Å². The summed E-state index contributed by atoms with van der Waals surface area (Å²) in [5.41, 5.74) is 5.39. The molecule has 0 saturated heterocycles. The molecular formula is C10H10N4. The molecule has 0 heterocycles. The first-order valence-electron chi connectivity index (χ1n) is 3.99. The van der Waals surface area contributed by atoms with Crippen LogP contribution in [0.1, 0.15) is 13.8 Å². The fourth-order valence-corrected chi connectivity index (χ4v) is 0.801. The molecule has 0 bridgehead atoms. The lowest BCUT2D eigenvalue weighted by Gasteiger charge is -2.00. The largest absolute Gasteiger partial charge is 0.396 e. The van der Waals surface area contributed by atoms with Crippen LogP contribution < -0.4 is 5.73 Å². The van der Waals surface area contributed by atoms with E-state index >= 15 is 0 Å². The van der Waals surface area contributed by atoms with Crippen molar-refractivity contribution in [1.29, 1.82) is 15.8 Å². The monoisotopic (exact) mass is 186 g/mol. The van der Waals surface area contributed by atoms with Crippen molar-refractivity contribution in [3.63, 3.8) is 0 Å². The van der Waals surface area contributed by atoms with Crippen LogP contribution in [0.25, 0.3) is 0 Å². The molecule has 0 aliphatic rings. The quantitative estimate of drug-likeness (QED) is 0.519. The van der Waals surface area contributed by atoms with E-state index in [0.29, 0.717) is 0 Å². The number of nitriles is 3. The Morgan fingerprint density at radius 1 is 1.14 bits per heavy atom. The Balaban J connectivity index is 5.34. The van der Waals surface area contributed by atoms with Crippen molar-refractivity contribution in [3.05, 3.63) is 22.9 Å². The first-order valence-corrected chi connectivity index (χ1v) is 3.99. The highest BCUT2D eigenvalue weighted by molar-refractivity contribution is 5.52. The van der Waals surface area contributed by atoms with Crippen molar-refractivity contribution in [2.24, 2.45) is 11.7 Å². The van der Waals surface area contributed by atoms with Gasteiger partial charge in [-0.25, -0.2) is 0 Å². The van der Waals surface area contributed by atoms with Gasteiger partial charge in [0.25, 0.3) is 0 Å². The minimum Gasteiger partial charge on any atom is -0.396 e. The van der Waals surface area contributed by atoms with Crippen LogP contribution in [0.15, 0.2) is 22.9 Å². The molecule has 0 spiro atoms. The third-order valence-corrected chi connectivity index (χ3v) is 1.40. The molecule has 0 fully saturated rings. The Morgan fingerprint density at radius 2 is 1.64 bits per heavy atom. The lowest BCUT2D eigenvalue weighted by Crippen LogP contribution is -2.04. The van der Waals surface area contributed by atoms with E-state index < -0.39 is 0 Å². The first kappa shape index (κ1) is 11.8. The minimum atomic E-state index is -0.224. The minimum absolute atomic E-state index is 0.0498. The summed E-state index contributed by atoms with van der Waals surface area (Å²) in [6, 6.07) is 5.14. The standard InChI is InChI=1S/C10H10N4/c1-7(2)3-8(4-11)10(14)9(5-12)6-13/h3,7H,14H2,1-2H3. The highest BCUT2D eigenvalue weighted by atomic mass is 14.6. The van der Waals surface area contributed by atoms with Gasteiger partial charge in [0.05, 0.1) is 11.3 Å². The van der Waals surface area contributed by atoms with Crippen molar-refractivity contribution in [1.82, 2.24) is 0 Å². The summed E-state index contributed by atoms with van der Waals surface area (Å²) in [6.07, 6.45) is 1.62. The number of nitrogens with two attached hydrogens (primary N) is 1. The van der Waals surface area contributed by atoms with Gasteiger partial charge >= 0.3 is 0 Å². The van der Waals surface area contributed by atoms with Crippen molar-refractivity contribution >= 4 is 0 Å². The smallest absolute Gasteiger partial charge is 0.153 e. The predicted octanol–water partition coefficient (Wildman–Crippen LogP) is 1.35. The number of allylic oxidation sites excluding steroid dienone is 3. The van der Waals surface area contributed by atoms with Gasteiger partial charge in [0.2, 0.25) is 0 Å². The van der Waals surface area contributed by atoms with Crippen LogP contribution in [0, 0.1) is 39.9 Å². The molecule has 70 valence electrons. The third kappa shape index (κ3) is 3.01. The molecule has 0 unspecified atom stereocenters. The fraction of sp³-hybridized carbons (Fsp3) is 0.300. The number of rotatable bonds is 2. The van der Waals surface area contributed by atoms with Gasteiger partial charge in [-0.1, -0.05) is 19.9 Å². The van der Waals surface area contributed by atoms with E-state index in [1.165, 1.54) is 0 Å². The van der Waals surface area contributed by atoms with Crippen molar-refractivity contribution < 1.29 is 0 Å². The van der Waals surface area contributed by atoms with Gasteiger partial charge in [0, 0.05) is 0 Å². The summed E-state index contributed by atoms with van der Waals surface area (Å²) in [6.45, 7) is 3.76. The molecule has 0 rings (SSSR count). The second-order valence-electron chi connectivity index (χ2n) is 2.95. The van der Waals surface area contributed by atoms with Gasteiger partial charge in [0.1, 0.15) is 18.2 Å². The highest BCUT2D eigenvalue weighted by Gasteiger charge is 2.07. The van der Waals surface area contributed by atoms with Crippen LogP contribution in [0.4, 0.5) is 0 Å². The van der Waals surface area contributed by atoms with Gasteiger partial charge < -0.3 is 5.73 Å². The zero-order valence-electron chi connectivity index (χ0n) is 8.07. The van der Waals surface area contributed by atoms with E-state index in [2.05, 4.69) is 0 Å². The molecule has 4 heteroatoms. The zero-order valence-corrected chi connectivity index (χ0v) is 8.07. The average molecular weight is 186 g/mol. The fourth-order valence-electron chi connectivity index (χ4n) is 0.801. The molecule has 0 saturated carbocycles. The molecule has 2 N–H and O–H groups in total. The maximum atomic E-state index is 8.73. The Morgan fingerprint density at radius 3 is 1.93 bits per heavy atom. The molecule has 0 aromatic carbocycles. The second-order valence-corrected chi connectivity index (χ2v) is 2.95. The maximum Gasteiger partial charge on any atom is 0.153 e. The summed E-state index contributed by atoms with van der Waals surface area (Å²) in [5.74, 6) is 0.141. The summed E-state index contributed by atoms with van der Waals surface area (Å²) >= 11 is 0. The molecule has 0 radical (unpaired) electrons. The molecule has 0 aliphatic heterocycles. The molecule has 0 atom stereocenters. The Hall–Kier alpha value is -2.25. The second kappa shape index (κ2) is 5.41. The van der Waals surface area contributed by atoms with Crippen LogP contribution in [0.5, 0.6) is 0 Å². The highest BCUT2D eigenvalue weighted by Crippen LogP contribution is 2.11. The van der Waals surface area contributed by atoms with E-state index in [0.717, 1.165) is 0 Å². The average Bonchev–Trinajstić information content (AvgIpc) is 2.15. The van der Waals surface area contributed by atoms with Crippen molar-refractivity contribution in [2.75, 3.05) is 0 Å². The van der Waals surface area contributed by atoms with Gasteiger partial charge in [0.15, 0.2) is 5.57 Å². The van der Waals surface area contributed by atoms with E-state index in [1.807, 2.05) is 19.9 Å². The molecule has 0 amide bonds. The van der Waals surface area contributed by atoms with Gasteiger partial charge in [-0.15, -0.1) is 0 Å². The van der Waals surface area contributed by atoms with Crippen LogP contribution >= 0.6 is 0 Å². The van der Waals surface area contributed by atoms with E-state index in [1.54, 1.807) is 18.2 Å². The van der Waals surface area contributed by atoms with E-state index in [-0.39, 0.29) is 22.8 Å². The van der Waals surface area contributed by atoms with Crippen LogP contribution in [-0.2, 0) is 0 Å². The number of hydrogen-bond donors (Lipinski definition) is 1. The molecule has 4 nitrogen and oxygen atoms in total. The molecule has 14 heavy (non-hydrogen) atoms. The summed E-state index contributed by atoms with van der Waals surface area (Å²) in [4.78, 5) is 0. The lowest BCUT2D eigenvalue weighted by atomic mass is 10.1. The topological polar surface area (TPSA) is 97.4 Å². The third-order valence-electron chi connectivity index (χ3n) is 1.40. The summed E-state index contributed by atoms with van der Waals surface area (Å²) in [5, 5.41) is 25.8. The van der Waals surface area contributed by atoms with Gasteiger partial charge in [-0.3, -0.25) is 0 Å². The molecule has 0 aromatic rings. The molecule has 0 aliphatic carbocycles. The Kier molecular flexibility index (Phi) is 4.54. The Labute approximate surface area is 83.2 Å². The zero-order chi connectivity index (χ0) is 11.1. The van der Waals surface area contributed by atoms with Crippen LogP contribution in [-0.4, -0.2) is 0 Å². The summed E-state index contributed by atoms with van der Waals surface area (Å²) in [7, 11) is 0. The SMILES string of the molecule is CC(C)C=C(C#N)C(N)=C(C#N)C#N. The van der Waals surface area contributed by atoms with Crippen molar-refractivity contribution in [2.45, 2.75) is 13.8 Å². The molecule has 0 aromatic heterocycles. The normalized spacial score (nSPS) is 9.86. The number of nitrogens with zero attached hydrogens (tertiary/aromatic N) is 3. The van der Waals surface area contributed by atoms with E-state index in [4.69, 9.17) is 21.5 Å². The van der Waals surface area contributed by atoms with Crippen LogP contribution in [0.3, 0.4) is 0 Å². The maximum absolute atomic E-state index is 8.73. The lowest BCUT2D eigenvalue weighted by molar-refractivity contribution is 0.826.